The molecule has 2 N–H and O–H groups in total. The Morgan fingerprint density at radius 2 is 1.73 bits per heavy atom. The maximum atomic E-state index is 3.58. The fourth-order valence-corrected chi connectivity index (χ4v) is 3.88. The molecular weight excluding hydrogens is 152 g/mol. The first-order valence-corrected chi connectivity index (χ1v) is 6.30. The van der Waals surface area contributed by atoms with Gasteiger partial charge in [0.1, 0.15) is 0 Å². The summed E-state index contributed by atoms with van der Waals surface area (Å²) in [5.74, 6) is 0. The molecule has 2 nitrogen and oxygen atoms in total. The number of rotatable bonds is 5. The van der Waals surface area contributed by atoms with Crippen molar-refractivity contribution in [3.05, 3.63) is 0 Å². The standard InChI is InChI=1S/C8H19N2Si/c1-3-9-11(10-4-2)8-6-5-7-8/h8-10H,3-7H2,1-2H3. The van der Waals surface area contributed by atoms with Crippen molar-refractivity contribution in [1.82, 2.24) is 9.96 Å². The molecule has 0 spiro atoms. The molecule has 0 amide bonds. The molecule has 1 aliphatic rings. The Morgan fingerprint density at radius 3 is 2.00 bits per heavy atom. The molecule has 3 heteroatoms. The third-order valence-electron chi connectivity index (χ3n) is 2.25. The summed E-state index contributed by atoms with van der Waals surface area (Å²) in [4.78, 5) is 7.15. The van der Waals surface area contributed by atoms with Gasteiger partial charge in [-0.1, -0.05) is 33.1 Å². The number of hydrogen-bond acceptors (Lipinski definition) is 2. The minimum absolute atomic E-state index is 0.388. The van der Waals surface area contributed by atoms with E-state index in [2.05, 4.69) is 23.8 Å². The maximum Gasteiger partial charge on any atom is 0.227 e. The van der Waals surface area contributed by atoms with Crippen molar-refractivity contribution in [3.8, 4) is 0 Å². The minimum atomic E-state index is -0.388. The van der Waals surface area contributed by atoms with Gasteiger partial charge in [-0.3, -0.25) is 0 Å². The van der Waals surface area contributed by atoms with Crippen LogP contribution in [0.4, 0.5) is 0 Å². The van der Waals surface area contributed by atoms with E-state index >= 15 is 0 Å². The maximum absolute atomic E-state index is 3.58. The molecule has 1 rings (SSSR count). The largest absolute Gasteiger partial charge is 0.326 e. The fraction of sp³-hybridized carbons (Fsp3) is 1.00. The fourth-order valence-electron chi connectivity index (χ4n) is 1.43. The zero-order chi connectivity index (χ0) is 8.10. The molecule has 0 bridgehead atoms. The van der Waals surface area contributed by atoms with Gasteiger partial charge < -0.3 is 9.96 Å². The summed E-state index contributed by atoms with van der Waals surface area (Å²) in [6, 6.07) is 0. The molecular formula is C8H19N2Si. The van der Waals surface area contributed by atoms with Crippen LogP contribution >= 0.6 is 0 Å². The first-order valence-electron chi connectivity index (χ1n) is 4.73. The van der Waals surface area contributed by atoms with E-state index in [1.54, 1.807) is 0 Å². The van der Waals surface area contributed by atoms with E-state index in [0.29, 0.717) is 0 Å². The highest BCUT2D eigenvalue weighted by Crippen LogP contribution is 2.33. The van der Waals surface area contributed by atoms with Gasteiger partial charge in [0.05, 0.1) is 0 Å². The van der Waals surface area contributed by atoms with Gasteiger partial charge in [0.15, 0.2) is 0 Å². The van der Waals surface area contributed by atoms with Gasteiger partial charge in [-0.25, -0.2) is 0 Å². The molecule has 0 aromatic heterocycles. The van der Waals surface area contributed by atoms with Crippen LogP contribution in [-0.2, 0) is 0 Å². The van der Waals surface area contributed by atoms with Crippen molar-refractivity contribution >= 4 is 9.12 Å². The van der Waals surface area contributed by atoms with E-state index in [9.17, 15) is 0 Å². The summed E-state index contributed by atoms with van der Waals surface area (Å²) in [6.07, 6.45) is 4.36. The zero-order valence-electron chi connectivity index (χ0n) is 7.61. The summed E-state index contributed by atoms with van der Waals surface area (Å²) in [5.41, 5.74) is 1.000. The number of nitrogens with one attached hydrogen (secondary N) is 2. The Labute approximate surface area is 71.5 Å². The Morgan fingerprint density at radius 1 is 1.18 bits per heavy atom. The molecule has 0 aromatic carbocycles. The molecule has 1 radical (unpaired) electrons. The Balaban J connectivity index is 2.19. The lowest BCUT2D eigenvalue weighted by Gasteiger charge is -2.32. The second-order valence-corrected chi connectivity index (χ2v) is 5.45. The van der Waals surface area contributed by atoms with E-state index in [4.69, 9.17) is 0 Å². The zero-order valence-corrected chi connectivity index (χ0v) is 8.61. The van der Waals surface area contributed by atoms with Gasteiger partial charge in [-0.2, -0.15) is 0 Å². The van der Waals surface area contributed by atoms with Gasteiger partial charge in [-0.05, 0) is 18.6 Å². The third-order valence-corrected chi connectivity index (χ3v) is 5.11. The second-order valence-electron chi connectivity index (χ2n) is 3.10. The Hall–Kier alpha value is 0.137. The average Bonchev–Trinajstić information content (AvgIpc) is 1.85. The lowest BCUT2D eigenvalue weighted by molar-refractivity contribution is 0.480. The van der Waals surface area contributed by atoms with Crippen LogP contribution in [-0.4, -0.2) is 22.2 Å². The van der Waals surface area contributed by atoms with Gasteiger partial charge in [0.2, 0.25) is 9.12 Å². The summed E-state index contributed by atoms with van der Waals surface area (Å²) in [6.45, 7) is 6.64. The van der Waals surface area contributed by atoms with Crippen molar-refractivity contribution in [3.63, 3.8) is 0 Å². The van der Waals surface area contributed by atoms with Crippen LogP contribution < -0.4 is 9.96 Å². The Kier molecular flexibility index (Phi) is 4.11. The second kappa shape index (κ2) is 4.90. The summed E-state index contributed by atoms with van der Waals surface area (Å²) in [7, 11) is -0.388. The van der Waals surface area contributed by atoms with Crippen LogP contribution in [0.15, 0.2) is 0 Å². The Bertz CT molecular complexity index is 98.3. The predicted octanol–water partition coefficient (Wildman–Crippen LogP) is 1.25. The van der Waals surface area contributed by atoms with Gasteiger partial charge in [0.25, 0.3) is 0 Å². The predicted molar refractivity (Wildman–Crippen MR) is 50.7 cm³/mol. The molecule has 0 aliphatic heterocycles. The lowest BCUT2D eigenvalue weighted by atomic mass is 10.00. The average molecular weight is 171 g/mol. The molecule has 0 atom stereocenters. The highest BCUT2D eigenvalue weighted by Gasteiger charge is 2.28. The molecule has 0 saturated heterocycles. The monoisotopic (exact) mass is 171 g/mol. The van der Waals surface area contributed by atoms with Crippen LogP contribution in [0, 0.1) is 0 Å². The van der Waals surface area contributed by atoms with Crippen molar-refractivity contribution < 1.29 is 0 Å². The van der Waals surface area contributed by atoms with Crippen LogP contribution in [0.2, 0.25) is 5.54 Å². The van der Waals surface area contributed by atoms with Gasteiger partial charge in [0, 0.05) is 0 Å². The topological polar surface area (TPSA) is 24.1 Å². The molecule has 0 aromatic rings. The smallest absolute Gasteiger partial charge is 0.227 e. The van der Waals surface area contributed by atoms with Crippen LogP contribution in [0.5, 0.6) is 0 Å². The quantitative estimate of drug-likeness (QED) is 0.608. The van der Waals surface area contributed by atoms with Crippen LogP contribution in [0.25, 0.3) is 0 Å². The van der Waals surface area contributed by atoms with Crippen molar-refractivity contribution in [2.75, 3.05) is 13.1 Å². The van der Waals surface area contributed by atoms with Gasteiger partial charge >= 0.3 is 0 Å². The highest BCUT2D eigenvalue weighted by atomic mass is 28.3. The molecule has 0 heterocycles. The molecule has 11 heavy (non-hydrogen) atoms. The van der Waals surface area contributed by atoms with Crippen molar-refractivity contribution in [1.29, 1.82) is 0 Å². The molecule has 0 unspecified atom stereocenters. The summed E-state index contributed by atoms with van der Waals surface area (Å²) in [5, 5.41) is 0. The normalized spacial score (nSPS) is 18.8. The van der Waals surface area contributed by atoms with E-state index in [0.717, 1.165) is 18.6 Å². The first-order chi connectivity index (χ1) is 5.38. The van der Waals surface area contributed by atoms with Crippen molar-refractivity contribution in [2.24, 2.45) is 0 Å². The first kappa shape index (κ1) is 9.23. The lowest BCUT2D eigenvalue weighted by Crippen LogP contribution is -2.52. The van der Waals surface area contributed by atoms with Gasteiger partial charge in [-0.15, -0.1) is 0 Å². The van der Waals surface area contributed by atoms with Crippen LogP contribution in [0.3, 0.4) is 0 Å². The van der Waals surface area contributed by atoms with E-state index in [1.165, 1.54) is 19.3 Å². The number of hydrogen-bond donors (Lipinski definition) is 2. The summed E-state index contributed by atoms with van der Waals surface area (Å²) >= 11 is 0. The summed E-state index contributed by atoms with van der Waals surface area (Å²) < 4.78 is 0. The third kappa shape index (κ3) is 2.58. The van der Waals surface area contributed by atoms with Crippen LogP contribution in [0.1, 0.15) is 33.1 Å². The minimum Gasteiger partial charge on any atom is -0.326 e. The molecule has 65 valence electrons. The molecule has 1 saturated carbocycles. The van der Waals surface area contributed by atoms with Crippen molar-refractivity contribution in [2.45, 2.75) is 38.7 Å². The molecule has 1 aliphatic carbocycles. The van der Waals surface area contributed by atoms with E-state index in [-0.39, 0.29) is 9.12 Å². The van der Waals surface area contributed by atoms with E-state index in [1.807, 2.05) is 0 Å². The molecule has 1 fully saturated rings. The highest BCUT2D eigenvalue weighted by molar-refractivity contribution is 6.55. The SMILES string of the molecule is CCN[Si](NCC)C1CCC1. The van der Waals surface area contributed by atoms with E-state index < -0.39 is 0 Å².